The molecule has 1 aromatic heterocycles. The highest BCUT2D eigenvalue weighted by molar-refractivity contribution is 7.89. The Hall–Kier alpha value is -6.15. The van der Waals surface area contributed by atoms with Crippen molar-refractivity contribution in [1.82, 2.24) is 46.0 Å². The molecule has 2 fully saturated rings. The van der Waals surface area contributed by atoms with Gasteiger partial charge in [0.05, 0.1) is 68.4 Å². The van der Waals surface area contributed by atoms with Gasteiger partial charge in [-0.05, 0) is 70.0 Å². The number of aromatic amines is 1. The molecule has 3 aromatic rings. The van der Waals surface area contributed by atoms with Crippen molar-refractivity contribution in [2.75, 3.05) is 104 Å². The van der Waals surface area contributed by atoms with E-state index in [1.807, 2.05) is 18.9 Å². The maximum atomic E-state index is 13.6. The Bertz CT molecular complexity index is 2470. The number of anilines is 2. The molecule has 74 heavy (non-hydrogen) atoms. The summed E-state index contributed by atoms with van der Waals surface area (Å²) >= 11 is 6.24. The van der Waals surface area contributed by atoms with Crippen molar-refractivity contribution in [2.45, 2.75) is 81.3 Å². The lowest BCUT2D eigenvalue weighted by Gasteiger charge is -2.31. The van der Waals surface area contributed by atoms with E-state index in [4.69, 9.17) is 30.5 Å². The number of aromatic nitrogens is 2. The summed E-state index contributed by atoms with van der Waals surface area (Å²) in [6, 6.07) is 10.5. The molecule has 8 N–H and O–H groups in total. The number of nitrogens with zero attached hydrogens (tertiary/aromatic N) is 3. The van der Waals surface area contributed by atoms with Gasteiger partial charge in [-0.25, -0.2) is 13.2 Å². The maximum Gasteiger partial charge on any atom is 0.315 e. The Morgan fingerprint density at radius 2 is 1.54 bits per heavy atom. The van der Waals surface area contributed by atoms with Crippen LogP contribution >= 0.6 is 11.6 Å². The standard InChI is InChI=1S/C49H70ClN11O12S/c1-34-39(58-49(67)54-34)13-5-4-6-15-42(62)51-20-26-71-28-30-73-31-29-72-27-21-52-43(63)19-23-60(2)22-9-16-44(64)55-36-10-7-11-37(32-36)74(68,69)61-24-17-35(18-25-61)56-48(66)46-40(33-53-59-46)57-47(65)45-38(50)12-8-14-41(45)70-3/h7-12,14,16,32-35,39H,4-6,13,15,17-31H2,1-3H3,(H,51,62)(H,52,63)(H,53,59)(H,55,64)(H,56,66)(H,57,65)(H2,54,58,67)/b16-9+/t34-,39+/m0/s1. The second kappa shape index (κ2) is 30.9. The summed E-state index contributed by atoms with van der Waals surface area (Å²) in [6.07, 6.45) is 9.27. The predicted molar refractivity (Wildman–Crippen MR) is 277 cm³/mol. The van der Waals surface area contributed by atoms with E-state index >= 15 is 0 Å². The number of halogens is 1. The average Bonchev–Trinajstić information content (AvgIpc) is 3.98. The number of hydrogen-bond acceptors (Lipinski definition) is 14. The summed E-state index contributed by atoms with van der Waals surface area (Å²) in [4.78, 5) is 76.6. The van der Waals surface area contributed by atoms with Crippen LogP contribution in [0.15, 0.2) is 65.7 Å². The fraction of sp³-hybridized carbons (Fsp3) is 0.531. The number of H-pyrrole nitrogens is 1. The fourth-order valence-electron chi connectivity index (χ4n) is 7.96. The number of sulfonamides is 1. The van der Waals surface area contributed by atoms with E-state index < -0.39 is 27.7 Å². The number of nitrogens with one attached hydrogen (secondary N) is 8. The molecule has 3 heterocycles. The molecule has 2 aliphatic rings. The first kappa shape index (κ1) is 58.7. The Balaban J connectivity index is 0.861. The molecule has 2 aliphatic heterocycles. The van der Waals surface area contributed by atoms with Gasteiger partial charge in [-0.3, -0.25) is 29.1 Å². The summed E-state index contributed by atoms with van der Waals surface area (Å²) in [5, 5.41) is 26.4. The fourth-order valence-corrected chi connectivity index (χ4v) is 9.73. The van der Waals surface area contributed by atoms with Gasteiger partial charge in [0.25, 0.3) is 11.8 Å². The van der Waals surface area contributed by atoms with E-state index in [-0.39, 0.29) is 88.1 Å². The molecule has 25 heteroatoms. The van der Waals surface area contributed by atoms with Crippen molar-refractivity contribution in [2.24, 2.45) is 0 Å². The minimum atomic E-state index is -3.94. The molecule has 0 spiro atoms. The lowest BCUT2D eigenvalue weighted by atomic mass is 10.0. The van der Waals surface area contributed by atoms with Gasteiger partial charge >= 0.3 is 6.03 Å². The highest BCUT2D eigenvalue weighted by Crippen LogP contribution is 2.28. The number of carbonyl (C=O) groups is 6. The quantitative estimate of drug-likeness (QED) is 0.0330. The van der Waals surface area contributed by atoms with Gasteiger partial charge in [0.1, 0.15) is 11.3 Å². The number of rotatable bonds is 32. The van der Waals surface area contributed by atoms with Crippen LogP contribution in [-0.2, 0) is 38.6 Å². The number of unbranched alkanes of at least 4 members (excludes halogenated alkanes) is 2. The van der Waals surface area contributed by atoms with Crippen LogP contribution in [-0.4, -0.2) is 175 Å². The Kier molecular flexibility index (Phi) is 24.5. The number of methoxy groups -OCH3 is 1. The van der Waals surface area contributed by atoms with Gasteiger partial charge in [-0.15, -0.1) is 0 Å². The number of hydrogen-bond donors (Lipinski definition) is 8. The highest BCUT2D eigenvalue weighted by Gasteiger charge is 2.32. The van der Waals surface area contributed by atoms with E-state index in [9.17, 15) is 37.2 Å². The zero-order chi connectivity index (χ0) is 53.3. The first-order chi connectivity index (χ1) is 35.6. The number of amides is 7. The van der Waals surface area contributed by atoms with Gasteiger partial charge in [-0.2, -0.15) is 9.40 Å². The molecule has 2 aromatic carbocycles. The van der Waals surface area contributed by atoms with Crippen LogP contribution < -0.4 is 42.0 Å². The largest absolute Gasteiger partial charge is 0.496 e. The van der Waals surface area contributed by atoms with Crippen LogP contribution in [0.5, 0.6) is 5.75 Å². The number of piperidine rings is 1. The third-order valence-corrected chi connectivity index (χ3v) is 14.2. The number of urea groups is 1. The lowest BCUT2D eigenvalue weighted by Crippen LogP contribution is -2.46. The van der Waals surface area contributed by atoms with Crippen molar-refractivity contribution in [1.29, 1.82) is 0 Å². The Morgan fingerprint density at radius 3 is 2.22 bits per heavy atom. The van der Waals surface area contributed by atoms with E-state index in [1.165, 1.54) is 35.8 Å². The summed E-state index contributed by atoms with van der Waals surface area (Å²) < 4.78 is 50.4. The van der Waals surface area contributed by atoms with Gasteiger partial charge in [0.15, 0.2) is 5.69 Å². The third kappa shape index (κ3) is 19.6. The van der Waals surface area contributed by atoms with Crippen molar-refractivity contribution < 1.29 is 56.1 Å². The van der Waals surface area contributed by atoms with Crippen LogP contribution in [0.1, 0.15) is 79.1 Å². The highest BCUT2D eigenvalue weighted by atomic mass is 35.5. The molecule has 2 saturated heterocycles. The molecule has 23 nitrogen and oxygen atoms in total. The first-order valence-electron chi connectivity index (χ1n) is 24.7. The Morgan fingerprint density at radius 1 is 0.865 bits per heavy atom. The second-order valence-corrected chi connectivity index (χ2v) is 20.0. The van der Waals surface area contributed by atoms with Gasteiger partial charge in [-0.1, -0.05) is 42.7 Å². The molecule has 0 saturated carbocycles. The van der Waals surface area contributed by atoms with Crippen LogP contribution in [0, 0.1) is 0 Å². The normalized spacial score (nSPS) is 16.1. The van der Waals surface area contributed by atoms with Crippen LogP contribution in [0.2, 0.25) is 5.02 Å². The van der Waals surface area contributed by atoms with E-state index in [0.717, 1.165) is 25.7 Å². The Labute approximate surface area is 437 Å². The molecule has 0 unspecified atom stereocenters. The van der Waals surface area contributed by atoms with Crippen molar-refractivity contribution in [3.8, 4) is 5.75 Å². The van der Waals surface area contributed by atoms with Gasteiger partial charge < -0.3 is 61.1 Å². The van der Waals surface area contributed by atoms with E-state index in [0.29, 0.717) is 90.8 Å². The summed E-state index contributed by atoms with van der Waals surface area (Å²) in [7, 11) is -0.718. The van der Waals surface area contributed by atoms with Crippen LogP contribution in [0.3, 0.4) is 0 Å². The minimum absolute atomic E-state index is 0.00231. The third-order valence-electron chi connectivity index (χ3n) is 12.0. The monoisotopic (exact) mass is 1070 g/mol. The van der Waals surface area contributed by atoms with Crippen molar-refractivity contribution in [3.05, 3.63) is 77.1 Å². The summed E-state index contributed by atoms with van der Waals surface area (Å²) in [6.45, 7) is 6.07. The van der Waals surface area contributed by atoms with Crippen LogP contribution in [0.4, 0.5) is 16.2 Å². The molecule has 406 valence electrons. The predicted octanol–water partition coefficient (Wildman–Crippen LogP) is 3.03. The van der Waals surface area contributed by atoms with Crippen molar-refractivity contribution >= 4 is 68.6 Å². The van der Waals surface area contributed by atoms with Gasteiger partial charge in [0, 0.05) is 82.2 Å². The zero-order valence-corrected chi connectivity index (χ0v) is 43.7. The maximum absolute atomic E-state index is 13.6. The number of carbonyl (C=O) groups excluding carboxylic acids is 6. The van der Waals surface area contributed by atoms with Gasteiger partial charge in [0.2, 0.25) is 27.7 Å². The first-order valence-corrected chi connectivity index (χ1v) is 26.5. The second-order valence-electron chi connectivity index (χ2n) is 17.7. The zero-order valence-electron chi connectivity index (χ0n) is 42.2. The molecule has 0 radical (unpaired) electrons. The molecular formula is C49H70ClN11O12S. The lowest BCUT2D eigenvalue weighted by molar-refractivity contribution is -0.122. The topological polar surface area (TPSA) is 293 Å². The molecule has 2 atom stereocenters. The molecular weight excluding hydrogens is 1000 g/mol. The van der Waals surface area contributed by atoms with Crippen LogP contribution in [0.25, 0.3) is 0 Å². The molecule has 0 aliphatic carbocycles. The van der Waals surface area contributed by atoms with Crippen molar-refractivity contribution in [3.63, 3.8) is 0 Å². The van der Waals surface area contributed by atoms with E-state index in [2.05, 4.69) is 47.4 Å². The molecule has 7 amide bonds. The SMILES string of the molecule is COc1cccc(Cl)c1C(=O)Nc1c[nH]nc1C(=O)NC1CCN(S(=O)(=O)c2cccc(NC(=O)/C=C/CN(C)CCC(=O)NCCOCCOCCOCCNC(=O)CCCCC[C@H]3NC(=O)N[C@H]3C)c2)CC1. The average molecular weight is 1070 g/mol. The smallest absolute Gasteiger partial charge is 0.315 e. The number of benzene rings is 2. The van der Waals surface area contributed by atoms with E-state index in [1.54, 1.807) is 36.4 Å². The minimum Gasteiger partial charge on any atom is -0.496 e. The molecule has 5 rings (SSSR count). The summed E-state index contributed by atoms with van der Waals surface area (Å²) in [5.41, 5.74) is 0.451. The molecule has 0 bridgehead atoms. The summed E-state index contributed by atoms with van der Waals surface area (Å²) in [5.74, 6) is -1.50. The number of likely N-dealkylation sites (N-methyl/N-ethyl adjacent to an activating group) is 1. The number of ether oxygens (including phenoxy) is 4.